The van der Waals surface area contributed by atoms with Crippen molar-refractivity contribution in [1.29, 1.82) is 0 Å². The number of hydrogen-bond acceptors (Lipinski definition) is 3. The van der Waals surface area contributed by atoms with Gasteiger partial charge in [-0.25, -0.2) is 0 Å². The lowest BCUT2D eigenvalue weighted by atomic mass is 10.1. The summed E-state index contributed by atoms with van der Waals surface area (Å²) >= 11 is 1.53. The van der Waals surface area contributed by atoms with Crippen LogP contribution in [0.5, 0.6) is 0 Å². The fourth-order valence-corrected chi connectivity index (χ4v) is 1.96. The van der Waals surface area contributed by atoms with Crippen LogP contribution in [0, 0.1) is 0 Å². The standard InChI is InChI=1S/C12H12N2OS/c13-11(9-4-2-1-3-5-9)12(15)14-10-6-7-16-8-10/h1-8,11H,13H2,(H,14,15). The van der Waals surface area contributed by atoms with Crippen molar-refractivity contribution in [3.8, 4) is 0 Å². The first kappa shape index (κ1) is 10.9. The first-order chi connectivity index (χ1) is 7.77. The normalized spacial score (nSPS) is 12.1. The summed E-state index contributed by atoms with van der Waals surface area (Å²) < 4.78 is 0. The molecule has 0 bridgehead atoms. The van der Waals surface area contributed by atoms with Gasteiger partial charge in [0.15, 0.2) is 0 Å². The number of rotatable bonds is 3. The van der Waals surface area contributed by atoms with Gasteiger partial charge in [-0.05, 0) is 17.0 Å². The van der Waals surface area contributed by atoms with E-state index in [1.807, 2.05) is 47.2 Å². The fourth-order valence-electron chi connectivity index (χ4n) is 1.37. The molecule has 0 aliphatic rings. The summed E-state index contributed by atoms with van der Waals surface area (Å²) in [5.41, 5.74) is 7.45. The fraction of sp³-hybridized carbons (Fsp3) is 0.0833. The number of anilines is 1. The van der Waals surface area contributed by atoms with Crippen molar-refractivity contribution in [3.63, 3.8) is 0 Å². The van der Waals surface area contributed by atoms with Gasteiger partial charge >= 0.3 is 0 Å². The van der Waals surface area contributed by atoms with E-state index in [4.69, 9.17) is 5.73 Å². The molecule has 1 atom stereocenters. The van der Waals surface area contributed by atoms with Gasteiger partial charge in [-0.2, -0.15) is 11.3 Å². The molecule has 0 radical (unpaired) electrons. The summed E-state index contributed by atoms with van der Waals surface area (Å²) in [6, 6.07) is 10.5. The van der Waals surface area contributed by atoms with Crippen LogP contribution in [0.15, 0.2) is 47.2 Å². The van der Waals surface area contributed by atoms with E-state index >= 15 is 0 Å². The molecule has 0 aliphatic carbocycles. The SMILES string of the molecule is NC(C(=O)Nc1ccsc1)c1ccccc1. The third kappa shape index (κ3) is 2.48. The molecule has 1 unspecified atom stereocenters. The van der Waals surface area contributed by atoms with Crippen molar-refractivity contribution < 1.29 is 4.79 Å². The largest absolute Gasteiger partial charge is 0.324 e. The van der Waals surface area contributed by atoms with Gasteiger partial charge in [0.1, 0.15) is 6.04 Å². The topological polar surface area (TPSA) is 55.1 Å². The lowest BCUT2D eigenvalue weighted by Gasteiger charge is -2.11. The molecule has 2 rings (SSSR count). The predicted octanol–water partition coefficient (Wildman–Crippen LogP) is 2.39. The Morgan fingerprint density at radius 3 is 2.62 bits per heavy atom. The van der Waals surface area contributed by atoms with Crippen LogP contribution >= 0.6 is 11.3 Å². The van der Waals surface area contributed by atoms with E-state index < -0.39 is 6.04 Å². The first-order valence-electron chi connectivity index (χ1n) is 4.91. The number of amides is 1. The molecule has 1 aromatic carbocycles. The Balaban J connectivity index is 2.05. The van der Waals surface area contributed by atoms with Crippen molar-refractivity contribution in [1.82, 2.24) is 0 Å². The highest BCUT2D eigenvalue weighted by molar-refractivity contribution is 7.08. The average molecular weight is 232 g/mol. The molecule has 4 heteroatoms. The second kappa shape index (κ2) is 4.92. The van der Waals surface area contributed by atoms with Gasteiger partial charge < -0.3 is 11.1 Å². The molecule has 0 saturated carbocycles. The Morgan fingerprint density at radius 1 is 1.25 bits per heavy atom. The molecule has 16 heavy (non-hydrogen) atoms. The maximum Gasteiger partial charge on any atom is 0.245 e. The molecule has 0 spiro atoms. The summed E-state index contributed by atoms with van der Waals surface area (Å²) in [6.45, 7) is 0. The van der Waals surface area contributed by atoms with E-state index in [0.29, 0.717) is 0 Å². The Bertz CT molecular complexity index is 453. The molecule has 0 fully saturated rings. The van der Waals surface area contributed by atoms with E-state index in [1.165, 1.54) is 11.3 Å². The number of benzene rings is 1. The van der Waals surface area contributed by atoms with Gasteiger partial charge in [0.25, 0.3) is 0 Å². The predicted molar refractivity (Wildman–Crippen MR) is 66.3 cm³/mol. The minimum absolute atomic E-state index is 0.190. The second-order valence-corrected chi connectivity index (χ2v) is 4.17. The van der Waals surface area contributed by atoms with Gasteiger partial charge in [0, 0.05) is 5.38 Å². The quantitative estimate of drug-likeness (QED) is 0.853. The maximum atomic E-state index is 11.8. The highest BCUT2D eigenvalue weighted by Gasteiger charge is 2.15. The van der Waals surface area contributed by atoms with Crippen LogP contribution in [0.3, 0.4) is 0 Å². The molecule has 0 aliphatic heterocycles. The smallest absolute Gasteiger partial charge is 0.245 e. The summed E-state index contributed by atoms with van der Waals surface area (Å²) in [7, 11) is 0. The van der Waals surface area contributed by atoms with Crippen LogP contribution < -0.4 is 11.1 Å². The van der Waals surface area contributed by atoms with Crippen molar-refractivity contribution in [2.45, 2.75) is 6.04 Å². The third-order valence-corrected chi connectivity index (χ3v) is 2.91. The molecule has 1 amide bonds. The molecular formula is C12H12N2OS. The number of hydrogen-bond donors (Lipinski definition) is 2. The van der Waals surface area contributed by atoms with E-state index in [-0.39, 0.29) is 5.91 Å². The Kier molecular flexibility index (Phi) is 3.34. The van der Waals surface area contributed by atoms with Crippen molar-refractivity contribution in [2.24, 2.45) is 5.73 Å². The minimum Gasteiger partial charge on any atom is -0.324 e. The molecular weight excluding hydrogens is 220 g/mol. The number of nitrogens with one attached hydrogen (secondary N) is 1. The Labute approximate surface area is 97.9 Å². The molecule has 82 valence electrons. The van der Waals surface area contributed by atoms with Crippen LogP contribution in [-0.4, -0.2) is 5.91 Å². The first-order valence-corrected chi connectivity index (χ1v) is 5.85. The highest BCUT2D eigenvalue weighted by Crippen LogP contribution is 2.15. The molecule has 2 aromatic rings. The molecule has 0 saturated heterocycles. The molecule has 1 aromatic heterocycles. The molecule has 3 nitrogen and oxygen atoms in total. The highest BCUT2D eigenvalue weighted by atomic mass is 32.1. The van der Waals surface area contributed by atoms with E-state index in [9.17, 15) is 4.79 Å². The van der Waals surface area contributed by atoms with Crippen molar-refractivity contribution >= 4 is 22.9 Å². The van der Waals surface area contributed by atoms with Crippen LogP contribution in [-0.2, 0) is 4.79 Å². The van der Waals surface area contributed by atoms with Gasteiger partial charge in [0.05, 0.1) is 5.69 Å². The van der Waals surface area contributed by atoms with Crippen molar-refractivity contribution in [3.05, 3.63) is 52.7 Å². The van der Waals surface area contributed by atoms with Gasteiger partial charge in [-0.3, -0.25) is 4.79 Å². The van der Waals surface area contributed by atoms with Crippen LogP contribution in [0.2, 0.25) is 0 Å². The van der Waals surface area contributed by atoms with Crippen LogP contribution in [0.25, 0.3) is 0 Å². The summed E-state index contributed by atoms with van der Waals surface area (Å²) in [6.07, 6.45) is 0. The summed E-state index contributed by atoms with van der Waals surface area (Å²) in [5, 5.41) is 6.54. The third-order valence-electron chi connectivity index (χ3n) is 2.23. The zero-order chi connectivity index (χ0) is 11.4. The number of carbonyl (C=O) groups is 1. The van der Waals surface area contributed by atoms with Crippen LogP contribution in [0.1, 0.15) is 11.6 Å². The Hall–Kier alpha value is -1.65. The number of nitrogens with two attached hydrogens (primary N) is 1. The Morgan fingerprint density at radius 2 is 2.00 bits per heavy atom. The summed E-state index contributed by atoms with van der Waals surface area (Å²) in [4.78, 5) is 11.8. The summed E-state index contributed by atoms with van der Waals surface area (Å²) in [5.74, 6) is -0.190. The molecule has 3 N–H and O–H groups in total. The average Bonchev–Trinajstić information content (AvgIpc) is 2.82. The monoisotopic (exact) mass is 232 g/mol. The second-order valence-electron chi connectivity index (χ2n) is 3.39. The van der Waals surface area contributed by atoms with E-state index in [0.717, 1.165) is 11.3 Å². The molecule has 1 heterocycles. The zero-order valence-electron chi connectivity index (χ0n) is 8.59. The zero-order valence-corrected chi connectivity index (χ0v) is 9.41. The number of thiophene rings is 1. The van der Waals surface area contributed by atoms with Gasteiger partial charge in [-0.1, -0.05) is 30.3 Å². The lowest BCUT2D eigenvalue weighted by Crippen LogP contribution is -2.27. The van der Waals surface area contributed by atoms with Gasteiger partial charge in [0.2, 0.25) is 5.91 Å². The maximum absolute atomic E-state index is 11.8. The van der Waals surface area contributed by atoms with Crippen LogP contribution in [0.4, 0.5) is 5.69 Å². The van der Waals surface area contributed by atoms with Crippen molar-refractivity contribution in [2.75, 3.05) is 5.32 Å². The van der Waals surface area contributed by atoms with Gasteiger partial charge in [-0.15, -0.1) is 0 Å². The minimum atomic E-state index is -0.624. The van der Waals surface area contributed by atoms with E-state index in [1.54, 1.807) is 0 Å². The number of carbonyl (C=O) groups excluding carboxylic acids is 1. The van der Waals surface area contributed by atoms with E-state index in [2.05, 4.69) is 5.32 Å². The lowest BCUT2D eigenvalue weighted by molar-refractivity contribution is -0.117.